The van der Waals surface area contributed by atoms with Gasteiger partial charge in [-0.15, -0.1) is 12.8 Å². The van der Waals surface area contributed by atoms with Crippen molar-refractivity contribution >= 4 is 22.5 Å². The molecule has 0 spiro atoms. The molecule has 6 aromatic carbocycles. The monoisotopic (exact) mass is 644 g/mol. The van der Waals surface area contributed by atoms with E-state index in [-0.39, 0.29) is 13.2 Å². The molecule has 0 saturated heterocycles. The van der Waals surface area contributed by atoms with E-state index in [4.69, 9.17) is 22.3 Å². The van der Waals surface area contributed by atoms with Crippen molar-refractivity contribution in [1.29, 1.82) is 0 Å². The molecule has 0 atom stereocenters. The van der Waals surface area contributed by atoms with Crippen molar-refractivity contribution in [2.45, 2.75) is 0 Å². The van der Waals surface area contributed by atoms with Crippen molar-refractivity contribution in [3.8, 4) is 58.4 Å². The first-order chi connectivity index (χ1) is 24.7. The third-order valence-corrected chi connectivity index (χ3v) is 9.01. The van der Waals surface area contributed by atoms with E-state index >= 15 is 0 Å². The topological polar surface area (TPSA) is 42.5 Å². The van der Waals surface area contributed by atoms with Crippen LogP contribution in [0.15, 0.2) is 157 Å². The minimum Gasteiger partial charge on any atom is -0.481 e. The zero-order chi connectivity index (χ0) is 33.9. The van der Waals surface area contributed by atoms with Gasteiger partial charge in [-0.1, -0.05) is 109 Å². The van der Waals surface area contributed by atoms with E-state index in [2.05, 4.69) is 120 Å². The molecule has 4 heteroatoms. The van der Waals surface area contributed by atoms with Gasteiger partial charge in [-0.3, -0.25) is 0 Å². The van der Waals surface area contributed by atoms with Gasteiger partial charge in [0.2, 0.25) is 0 Å². The molecular formula is C46H32N2O2. The number of anilines is 2. The summed E-state index contributed by atoms with van der Waals surface area (Å²) in [6.07, 6.45) is 10.9. The lowest BCUT2D eigenvalue weighted by Gasteiger charge is -2.24. The smallest absolute Gasteiger partial charge is 0.148 e. The Labute approximate surface area is 292 Å². The van der Waals surface area contributed by atoms with E-state index in [9.17, 15) is 0 Å². The second-order valence-corrected chi connectivity index (χ2v) is 12.0. The highest BCUT2D eigenvalue weighted by Crippen LogP contribution is 2.51. The first-order valence-electron chi connectivity index (χ1n) is 16.5. The molecule has 0 amide bonds. The van der Waals surface area contributed by atoms with Crippen LogP contribution in [0.25, 0.3) is 33.4 Å². The largest absolute Gasteiger partial charge is 0.481 e. The lowest BCUT2D eigenvalue weighted by atomic mass is 9.94. The summed E-state index contributed by atoms with van der Waals surface area (Å²) < 4.78 is 11.4. The summed E-state index contributed by atoms with van der Waals surface area (Å²) in [6, 6.07) is 50.3. The Hall–Kier alpha value is -6.88. The highest BCUT2D eigenvalue weighted by Gasteiger charge is 2.32. The van der Waals surface area contributed by atoms with Gasteiger partial charge in [0.15, 0.2) is 0 Å². The van der Waals surface area contributed by atoms with E-state index in [1.165, 1.54) is 22.3 Å². The van der Waals surface area contributed by atoms with Gasteiger partial charge in [0.1, 0.15) is 24.7 Å². The van der Waals surface area contributed by atoms with Gasteiger partial charge in [0.05, 0.1) is 11.4 Å². The molecule has 2 aliphatic rings. The van der Waals surface area contributed by atoms with Crippen molar-refractivity contribution in [2.24, 2.45) is 0 Å². The van der Waals surface area contributed by atoms with Crippen LogP contribution in [0.5, 0.6) is 11.5 Å². The lowest BCUT2D eigenvalue weighted by molar-refractivity contribution is 0.370. The summed E-state index contributed by atoms with van der Waals surface area (Å²) in [5.41, 5.74) is 15.3. The summed E-state index contributed by atoms with van der Waals surface area (Å²) in [5.74, 6) is 6.50. The molecule has 0 radical (unpaired) electrons. The van der Waals surface area contributed by atoms with Crippen molar-refractivity contribution in [2.75, 3.05) is 23.8 Å². The number of rotatable bonds is 9. The van der Waals surface area contributed by atoms with E-state index < -0.39 is 0 Å². The molecule has 0 aromatic heterocycles. The third kappa shape index (κ3) is 5.56. The van der Waals surface area contributed by atoms with Gasteiger partial charge in [-0.2, -0.15) is 0 Å². The molecule has 0 bridgehead atoms. The maximum Gasteiger partial charge on any atom is 0.148 e. The van der Waals surface area contributed by atoms with Gasteiger partial charge in [-0.05, 0) is 93.0 Å². The molecule has 0 fully saturated rings. The molecule has 0 saturated carbocycles. The Morgan fingerprint density at radius 2 is 0.680 bits per heavy atom. The summed E-state index contributed by atoms with van der Waals surface area (Å²) in [4.78, 5) is 0. The molecule has 8 rings (SSSR count). The molecule has 2 N–H and O–H groups in total. The average molecular weight is 645 g/mol. The lowest BCUT2D eigenvalue weighted by Crippen LogP contribution is -2.15. The molecular weight excluding hydrogens is 613 g/mol. The number of benzene rings is 6. The van der Waals surface area contributed by atoms with Gasteiger partial charge in [0.25, 0.3) is 0 Å². The zero-order valence-corrected chi connectivity index (χ0v) is 27.2. The Morgan fingerprint density at radius 3 is 0.960 bits per heavy atom. The molecule has 0 aliphatic heterocycles. The van der Waals surface area contributed by atoms with Crippen LogP contribution in [0.2, 0.25) is 0 Å². The molecule has 0 unspecified atom stereocenters. The third-order valence-electron chi connectivity index (χ3n) is 9.01. The standard InChI is InChI=1S/C46H32N2O2/c1-3-29-49-33-25-21-31(22-26-33)47-45(43-39-17-9-5-13-35(39)36-14-6-10-18-40(36)43)46(48-32-23-27-34(28-24-32)50-30-4-2)44-41-19-11-7-15-37(41)38-16-8-12-20-42(38)44/h1-2,5-28,47-48H,29-30H2. The predicted molar refractivity (Wildman–Crippen MR) is 205 cm³/mol. The predicted octanol–water partition coefficient (Wildman–Crippen LogP) is 10.1. The second-order valence-electron chi connectivity index (χ2n) is 12.0. The minimum atomic E-state index is 0.210. The first kappa shape index (κ1) is 30.5. The van der Waals surface area contributed by atoms with Crippen molar-refractivity contribution in [3.63, 3.8) is 0 Å². The molecule has 238 valence electrons. The van der Waals surface area contributed by atoms with Crippen molar-refractivity contribution in [3.05, 3.63) is 179 Å². The maximum atomic E-state index is 5.71. The maximum absolute atomic E-state index is 5.71. The number of nitrogens with one attached hydrogen (secondary N) is 2. The summed E-state index contributed by atoms with van der Waals surface area (Å²) in [5, 5.41) is 7.80. The van der Waals surface area contributed by atoms with E-state index in [0.717, 1.165) is 56.2 Å². The van der Waals surface area contributed by atoms with Crippen LogP contribution in [0.3, 0.4) is 0 Å². The van der Waals surface area contributed by atoms with E-state index in [1.807, 2.05) is 48.5 Å². The normalized spacial score (nSPS) is 11.6. The quantitative estimate of drug-likeness (QED) is 0.154. The minimum absolute atomic E-state index is 0.210. The first-order valence-corrected chi connectivity index (χ1v) is 16.5. The molecule has 2 aliphatic carbocycles. The van der Waals surface area contributed by atoms with Crippen LogP contribution in [0.4, 0.5) is 11.4 Å². The average Bonchev–Trinajstić information content (AvgIpc) is 3.68. The van der Waals surface area contributed by atoms with Crippen LogP contribution < -0.4 is 20.1 Å². The Morgan fingerprint density at radius 1 is 0.400 bits per heavy atom. The SMILES string of the molecule is C#CCOc1ccc(NC(C(Nc2ccc(OCC#C)cc2)=C2c3ccccc3-c3ccccc32)=C2c3ccccc3-c3ccccc32)cc1. The Bertz CT molecular complexity index is 2120. The van der Waals surface area contributed by atoms with Gasteiger partial charge in [0, 0.05) is 22.5 Å². The number of hydrogen-bond acceptors (Lipinski definition) is 4. The Kier molecular flexibility index (Phi) is 8.11. The van der Waals surface area contributed by atoms with E-state index in [0.29, 0.717) is 11.5 Å². The molecule has 0 heterocycles. The van der Waals surface area contributed by atoms with Crippen LogP contribution in [-0.2, 0) is 0 Å². The van der Waals surface area contributed by atoms with Crippen LogP contribution >= 0.6 is 0 Å². The van der Waals surface area contributed by atoms with E-state index in [1.54, 1.807) is 0 Å². The van der Waals surface area contributed by atoms with Crippen LogP contribution in [-0.4, -0.2) is 13.2 Å². The van der Waals surface area contributed by atoms with Crippen LogP contribution in [0.1, 0.15) is 22.3 Å². The van der Waals surface area contributed by atoms with Gasteiger partial charge in [-0.25, -0.2) is 0 Å². The fourth-order valence-electron chi connectivity index (χ4n) is 6.88. The molecule has 6 aromatic rings. The number of terminal acetylenes is 2. The zero-order valence-electron chi connectivity index (χ0n) is 27.2. The Balaban J connectivity index is 1.41. The molecule has 50 heavy (non-hydrogen) atoms. The van der Waals surface area contributed by atoms with Crippen molar-refractivity contribution < 1.29 is 9.47 Å². The highest BCUT2D eigenvalue weighted by atomic mass is 16.5. The number of ether oxygens (including phenoxy) is 2. The second kappa shape index (κ2) is 13.3. The highest BCUT2D eigenvalue weighted by molar-refractivity contribution is 6.08. The summed E-state index contributed by atoms with van der Waals surface area (Å²) in [7, 11) is 0. The molecule has 4 nitrogen and oxygen atoms in total. The fourth-order valence-corrected chi connectivity index (χ4v) is 6.88. The van der Waals surface area contributed by atoms with Crippen LogP contribution in [0, 0.1) is 24.7 Å². The van der Waals surface area contributed by atoms with Gasteiger partial charge < -0.3 is 20.1 Å². The fraction of sp³-hybridized carbons (Fsp3) is 0.0435. The summed E-state index contributed by atoms with van der Waals surface area (Å²) in [6.45, 7) is 0.419. The number of hydrogen-bond donors (Lipinski definition) is 2. The summed E-state index contributed by atoms with van der Waals surface area (Å²) >= 11 is 0. The van der Waals surface area contributed by atoms with Gasteiger partial charge >= 0.3 is 0 Å². The number of fused-ring (bicyclic) bond motifs is 6. The van der Waals surface area contributed by atoms with Crippen molar-refractivity contribution in [1.82, 2.24) is 0 Å².